The minimum atomic E-state index is 0.717. The van der Waals surface area contributed by atoms with E-state index in [0.717, 1.165) is 25.9 Å². The molecule has 1 heterocycles. The molecule has 0 saturated carbocycles. The summed E-state index contributed by atoms with van der Waals surface area (Å²) in [7, 11) is 0. The van der Waals surface area contributed by atoms with Crippen LogP contribution in [0.15, 0.2) is 42.7 Å². The van der Waals surface area contributed by atoms with Gasteiger partial charge < -0.3 is 10.3 Å². The predicted molar refractivity (Wildman–Crippen MR) is 72.1 cm³/mol. The van der Waals surface area contributed by atoms with Crippen molar-refractivity contribution >= 4 is 0 Å². The lowest BCUT2D eigenvalue weighted by Gasteiger charge is -2.04. The van der Waals surface area contributed by atoms with Gasteiger partial charge in [-0.3, -0.25) is 0 Å². The van der Waals surface area contributed by atoms with E-state index in [-0.39, 0.29) is 0 Å². The van der Waals surface area contributed by atoms with E-state index in [2.05, 4.69) is 54.2 Å². The summed E-state index contributed by atoms with van der Waals surface area (Å²) in [4.78, 5) is 0. The van der Waals surface area contributed by atoms with E-state index in [1.165, 1.54) is 16.7 Å². The maximum absolute atomic E-state index is 5.55. The lowest BCUT2D eigenvalue weighted by molar-refractivity contribution is 0.799. The van der Waals surface area contributed by atoms with Crippen LogP contribution in [-0.4, -0.2) is 11.1 Å². The molecule has 0 bridgehead atoms. The summed E-state index contributed by atoms with van der Waals surface area (Å²) in [6.45, 7) is 3.84. The van der Waals surface area contributed by atoms with Crippen molar-refractivity contribution in [1.29, 1.82) is 0 Å². The summed E-state index contributed by atoms with van der Waals surface area (Å²) in [5, 5.41) is 0. The zero-order valence-corrected chi connectivity index (χ0v) is 10.4. The maximum Gasteiger partial charge on any atom is 0.0470 e. The first-order chi connectivity index (χ1) is 8.31. The van der Waals surface area contributed by atoms with E-state index in [0.29, 0.717) is 0 Å². The summed E-state index contributed by atoms with van der Waals surface area (Å²) < 4.78 is 2.21. The molecule has 1 aromatic heterocycles. The lowest BCUT2D eigenvalue weighted by Crippen LogP contribution is -2.02. The number of hydrogen-bond donors (Lipinski definition) is 1. The lowest BCUT2D eigenvalue weighted by atomic mass is 10.1. The summed E-state index contributed by atoms with van der Waals surface area (Å²) in [6.07, 6.45) is 6.37. The average molecular weight is 228 g/mol. The molecule has 90 valence electrons. The van der Waals surface area contributed by atoms with Gasteiger partial charge in [-0.15, -0.1) is 0 Å². The van der Waals surface area contributed by atoms with Gasteiger partial charge in [0.25, 0.3) is 0 Å². The minimum absolute atomic E-state index is 0.717. The van der Waals surface area contributed by atoms with E-state index < -0.39 is 0 Å². The number of aryl methyl sites for hydroxylation is 1. The Kier molecular flexibility index (Phi) is 3.99. The maximum atomic E-state index is 5.55. The van der Waals surface area contributed by atoms with Crippen molar-refractivity contribution in [2.24, 2.45) is 5.73 Å². The molecular formula is C15H20N2. The van der Waals surface area contributed by atoms with Gasteiger partial charge in [0.15, 0.2) is 0 Å². The second-order valence-electron chi connectivity index (χ2n) is 4.40. The molecule has 2 N–H and O–H groups in total. The Morgan fingerprint density at radius 2 is 1.71 bits per heavy atom. The van der Waals surface area contributed by atoms with E-state index in [9.17, 15) is 0 Å². The molecule has 17 heavy (non-hydrogen) atoms. The van der Waals surface area contributed by atoms with E-state index >= 15 is 0 Å². The van der Waals surface area contributed by atoms with E-state index in [1.807, 2.05) is 0 Å². The second kappa shape index (κ2) is 5.69. The van der Waals surface area contributed by atoms with E-state index in [4.69, 9.17) is 5.73 Å². The number of nitrogens with two attached hydrogens (primary N) is 1. The van der Waals surface area contributed by atoms with Crippen molar-refractivity contribution in [1.82, 2.24) is 4.57 Å². The van der Waals surface area contributed by atoms with Gasteiger partial charge >= 0.3 is 0 Å². The monoisotopic (exact) mass is 228 g/mol. The van der Waals surface area contributed by atoms with Crippen molar-refractivity contribution in [3.8, 4) is 0 Å². The first kappa shape index (κ1) is 11.9. The third-order valence-electron chi connectivity index (χ3n) is 3.04. The standard InChI is InChI=1S/C15H20N2/c1-2-13-3-5-14(6-4-13)11-17-10-8-15(12-17)7-9-16/h3-6,8,10,12H,2,7,9,11,16H2,1H3. The fraction of sp³-hybridized carbons (Fsp3) is 0.333. The zero-order chi connectivity index (χ0) is 12.1. The molecule has 0 fully saturated rings. The summed E-state index contributed by atoms with van der Waals surface area (Å²) in [6, 6.07) is 11.0. The molecule has 0 aliphatic rings. The first-order valence-corrected chi connectivity index (χ1v) is 6.24. The third-order valence-corrected chi connectivity index (χ3v) is 3.04. The van der Waals surface area contributed by atoms with Gasteiger partial charge in [-0.05, 0) is 42.1 Å². The Bertz CT molecular complexity index is 454. The molecule has 0 atom stereocenters. The summed E-state index contributed by atoms with van der Waals surface area (Å²) in [5.74, 6) is 0. The van der Waals surface area contributed by atoms with Crippen LogP contribution in [0, 0.1) is 0 Å². The molecule has 2 rings (SSSR count). The SMILES string of the molecule is CCc1ccc(Cn2ccc(CCN)c2)cc1. The molecule has 2 aromatic rings. The van der Waals surface area contributed by atoms with Crippen LogP contribution >= 0.6 is 0 Å². The molecule has 0 radical (unpaired) electrons. The number of benzene rings is 1. The molecule has 0 aliphatic heterocycles. The Morgan fingerprint density at radius 1 is 1.00 bits per heavy atom. The molecule has 0 aliphatic carbocycles. The minimum Gasteiger partial charge on any atom is -0.350 e. The van der Waals surface area contributed by atoms with Crippen LogP contribution in [0.1, 0.15) is 23.6 Å². The highest BCUT2D eigenvalue weighted by Gasteiger charge is 1.98. The van der Waals surface area contributed by atoms with Crippen LogP contribution in [0.3, 0.4) is 0 Å². The molecule has 0 saturated heterocycles. The summed E-state index contributed by atoms with van der Waals surface area (Å²) >= 11 is 0. The topological polar surface area (TPSA) is 30.9 Å². The summed E-state index contributed by atoms with van der Waals surface area (Å²) in [5.41, 5.74) is 9.60. The van der Waals surface area contributed by atoms with Gasteiger partial charge in [0.2, 0.25) is 0 Å². The van der Waals surface area contributed by atoms with Crippen molar-refractivity contribution in [2.75, 3.05) is 6.54 Å². The quantitative estimate of drug-likeness (QED) is 0.838. The van der Waals surface area contributed by atoms with Gasteiger partial charge in [0.1, 0.15) is 0 Å². The normalized spacial score (nSPS) is 10.7. The number of hydrogen-bond acceptors (Lipinski definition) is 1. The largest absolute Gasteiger partial charge is 0.350 e. The first-order valence-electron chi connectivity index (χ1n) is 6.24. The van der Waals surface area contributed by atoms with Gasteiger partial charge in [0.05, 0.1) is 0 Å². The smallest absolute Gasteiger partial charge is 0.0470 e. The van der Waals surface area contributed by atoms with Crippen LogP contribution in [0.5, 0.6) is 0 Å². The number of aromatic nitrogens is 1. The van der Waals surface area contributed by atoms with Crippen LogP contribution < -0.4 is 5.73 Å². The number of nitrogens with zero attached hydrogens (tertiary/aromatic N) is 1. The fourth-order valence-electron chi connectivity index (χ4n) is 1.99. The van der Waals surface area contributed by atoms with Crippen LogP contribution in [0.4, 0.5) is 0 Å². The highest BCUT2D eigenvalue weighted by Crippen LogP contribution is 2.09. The second-order valence-corrected chi connectivity index (χ2v) is 4.40. The Balaban J connectivity index is 2.03. The molecule has 2 nitrogen and oxygen atoms in total. The van der Waals surface area contributed by atoms with Crippen LogP contribution in [0.25, 0.3) is 0 Å². The van der Waals surface area contributed by atoms with Gasteiger partial charge in [-0.25, -0.2) is 0 Å². The van der Waals surface area contributed by atoms with Gasteiger partial charge in [-0.2, -0.15) is 0 Å². The average Bonchev–Trinajstić information content (AvgIpc) is 2.78. The van der Waals surface area contributed by atoms with Crippen molar-refractivity contribution in [2.45, 2.75) is 26.3 Å². The highest BCUT2D eigenvalue weighted by molar-refractivity contribution is 5.23. The highest BCUT2D eigenvalue weighted by atomic mass is 14.9. The predicted octanol–water partition coefficient (Wildman–Crippen LogP) is 2.60. The molecule has 0 spiro atoms. The van der Waals surface area contributed by atoms with Crippen molar-refractivity contribution in [3.63, 3.8) is 0 Å². The molecule has 0 unspecified atom stereocenters. The zero-order valence-electron chi connectivity index (χ0n) is 10.4. The number of rotatable bonds is 5. The fourth-order valence-corrected chi connectivity index (χ4v) is 1.99. The van der Waals surface area contributed by atoms with Crippen molar-refractivity contribution in [3.05, 3.63) is 59.4 Å². The Morgan fingerprint density at radius 3 is 2.35 bits per heavy atom. The van der Waals surface area contributed by atoms with E-state index in [1.54, 1.807) is 0 Å². The van der Waals surface area contributed by atoms with Crippen LogP contribution in [-0.2, 0) is 19.4 Å². The Labute approximate surface area is 103 Å². The Hall–Kier alpha value is -1.54. The molecule has 0 amide bonds. The van der Waals surface area contributed by atoms with Gasteiger partial charge in [-0.1, -0.05) is 31.2 Å². The molecular weight excluding hydrogens is 208 g/mol. The van der Waals surface area contributed by atoms with Crippen molar-refractivity contribution < 1.29 is 0 Å². The third kappa shape index (κ3) is 3.21. The molecule has 2 heteroatoms. The van der Waals surface area contributed by atoms with Gasteiger partial charge in [0, 0.05) is 18.9 Å². The molecule has 1 aromatic carbocycles. The van der Waals surface area contributed by atoms with Crippen LogP contribution in [0.2, 0.25) is 0 Å².